The van der Waals surface area contributed by atoms with E-state index in [0.717, 1.165) is 62.9 Å². The van der Waals surface area contributed by atoms with Crippen LogP contribution in [0.5, 0.6) is 0 Å². The Balaban J connectivity index is 1.27. The van der Waals surface area contributed by atoms with Gasteiger partial charge in [0.05, 0.1) is 0 Å². The van der Waals surface area contributed by atoms with Crippen molar-refractivity contribution in [2.45, 2.75) is 38.8 Å². The number of pyridine rings is 1. The van der Waals surface area contributed by atoms with E-state index < -0.39 is 0 Å². The summed E-state index contributed by atoms with van der Waals surface area (Å²) in [6.45, 7) is 6.89. The molecule has 3 aromatic rings. The molecule has 1 fully saturated rings. The van der Waals surface area contributed by atoms with Gasteiger partial charge in [0.2, 0.25) is 0 Å². The molecule has 2 aromatic heterocycles. The van der Waals surface area contributed by atoms with Gasteiger partial charge in [0.15, 0.2) is 11.6 Å². The molecule has 0 aliphatic carbocycles. The van der Waals surface area contributed by atoms with Crippen LogP contribution in [0, 0.1) is 0 Å². The molecule has 158 valence electrons. The van der Waals surface area contributed by atoms with Crippen molar-refractivity contribution in [2.75, 3.05) is 26.2 Å². The van der Waals surface area contributed by atoms with Crippen LogP contribution in [0.25, 0.3) is 5.65 Å². The maximum absolute atomic E-state index is 4.78. The molecular formula is C23H31N7. The highest BCUT2D eigenvalue weighted by molar-refractivity contribution is 5.80. The highest BCUT2D eigenvalue weighted by Crippen LogP contribution is 2.14. The molecule has 0 radical (unpaired) electrons. The summed E-state index contributed by atoms with van der Waals surface area (Å²) in [5.41, 5.74) is 2.27. The van der Waals surface area contributed by atoms with Gasteiger partial charge in [-0.2, -0.15) is 0 Å². The van der Waals surface area contributed by atoms with E-state index in [1.54, 1.807) is 0 Å². The highest BCUT2D eigenvalue weighted by atomic mass is 15.2. The largest absolute Gasteiger partial charge is 0.357 e. The molecule has 0 saturated carbocycles. The first-order chi connectivity index (χ1) is 14.8. The number of aromatic nitrogens is 3. The Kier molecular flexibility index (Phi) is 6.92. The molecule has 3 heterocycles. The Labute approximate surface area is 178 Å². The second-order valence-corrected chi connectivity index (χ2v) is 7.74. The summed E-state index contributed by atoms with van der Waals surface area (Å²) in [4.78, 5) is 7.31. The Morgan fingerprint density at radius 1 is 1.07 bits per heavy atom. The van der Waals surface area contributed by atoms with Gasteiger partial charge in [-0.05, 0) is 37.5 Å². The molecule has 1 aliphatic heterocycles. The average molecular weight is 406 g/mol. The highest BCUT2D eigenvalue weighted by Gasteiger charge is 2.20. The summed E-state index contributed by atoms with van der Waals surface area (Å²) in [7, 11) is 0. The van der Waals surface area contributed by atoms with Crippen LogP contribution >= 0.6 is 0 Å². The minimum absolute atomic E-state index is 0.462. The molecule has 1 aromatic carbocycles. The maximum atomic E-state index is 4.78. The molecule has 0 bridgehead atoms. The quantitative estimate of drug-likeness (QED) is 0.467. The third kappa shape index (κ3) is 5.36. The van der Waals surface area contributed by atoms with Crippen LogP contribution in [-0.2, 0) is 13.0 Å². The molecule has 1 aliphatic rings. The van der Waals surface area contributed by atoms with E-state index in [-0.39, 0.29) is 0 Å². The lowest BCUT2D eigenvalue weighted by Gasteiger charge is -2.33. The van der Waals surface area contributed by atoms with Crippen LogP contribution in [-0.4, -0.2) is 57.7 Å². The zero-order chi connectivity index (χ0) is 20.6. The number of fused-ring (bicyclic) bond motifs is 1. The molecule has 4 rings (SSSR count). The van der Waals surface area contributed by atoms with Crippen molar-refractivity contribution in [3.8, 4) is 0 Å². The van der Waals surface area contributed by atoms with Gasteiger partial charge in [0.25, 0.3) is 0 Å². The monoisotopic (exact) mass is 405 g/mol. The van der Waals surface area contributed by atoms with Gasteiger partial charge in [-0.25, -0.2) is 0 Å². The van der Waals surface area contributed by atoms with Gasteiger partial charge in [0.1, 0.15) is 5.82 Å². The summed E-state index contributed by atoms with van der Waals surface area (Å²) in [5, 5.41) is 15.5. The summed E-state index contributed by atoms with van der Waals surface area (Å²) < 4.78 is 2.03. The molecule has 30 heavy (non-hydrogen) atoms. The standard InChI is InChI=1S/C23H31N7/c1-2-24-23(25-14-11-22-28-27-21-10-6-7-15-30(21)22)26-20-12-16-29(17-13-20)18-19-8-4-3-5-9-19/h3-10,15,20H,2,11-14,16-18H2,1H3,(H2,24,25,26). The van der Waals surface area contributed by atoms with Crippen LogP contribution < -0.4 is 10.6 Å². The van der Waals surface area contributed by atoms with Gasteiger partial charge in [0, 0.05) is 51.4 Å². The van der Waals surface area contributed by atoms with E-state index in [2.05, 4.69) is 63.0 Å². The topological polar surface area (TPSA) is 69.8 Å². The van der Waals surface area contributed by atoms with Gasteiger partial charge in [-0.1, -0.05) is 36.4 Å². The normalized spacial score (nSPS) is 16.1. The van der Waals surface area contributed by atoms with Crippen molar-refractivity contribution in [3.63, 3.8) is 0 Å². The fraction of sp³-hybridized carbons (Fsp3) is 0.435. The van der Waals surface area contributed by atoms with Crippen molar-refractivity contribution >= 4 is 11.6 Å². The molecule has 7 heteroatoms. The fourth-order valence-electron chi connectivity index (χ4n) is 3.92. The third-order valence-electron chi connectivity index (χ3n) is 5.51. The fourth-order valence-corrected chi connectivity index (χ4v) is 3.92. The number of piperidine rings is 1. The number of guanidine groups is 1. The molecule has 0 amide bonds. The van der Waals surface area contributed by atoms with Gasteiger partial charge >= 0.3 is 0 Å². The molecule has 2 N–H and O–H groups in total. The molecule has 7 nitrogen and oxygen atoms in total. The molecule has 1 saturated heterocycles. The second kappa shape index (κ2) is 10.2. The summed E-state index contributed by atoms with van der Waals surface area (Å²) in [5.74, 6) is 1.84. The molecular weight excluding hydrogens is 374 g/mol. The number of aliphatic imine (C=N–C) groups is 1. The summed E-state index contributed by atoms with van der Waals surface area (Å²) in [6.07, 6.45) is 5.02. The van der Waals surface area contributed by atoms with Crippen molar-refractivity contribution in [1.29, 1.82) is 0 Å². The zero-order valence-corrected chi connectivity index (χ0v) is 17.7. The third-order valence-corrected chi connectivity index (χ3v) is 5.51. The number of likely N-dealkylation sites (tertiary alicyclic amines) is 1. The summed E-state index contributed by atoms with van der Waals surface area (Å²) in [6, 6.07) is 17.1. The van der Waals surface area contributed by atoms with E-state index in [4.69, 9.17) is 4.99 Å². The number of nitrogens with zero attached hydrogens (tertiary/aromatic N) is 5. The van der Waals surface area contributed by atoms with Gasteiger partial charge < -0.3 is 10.6 Å². The minimum atomic E-state index is 0.462. The van der Waals surface area contributed by atoms with E-state index >= 15 is 0 Å². The lowest BCUT2D eigenvalue weighted by Crippen LogP contribution is -2.48. The average Bonchev–Trinajstić information content (AvgIpc) is 3.19. The lowest BCUT2D eigenvalue weighted by atomic mass is 10.0. The predicted molar refractivity (Wildman–Crippen MR) is 121 cm³/mol. The Morgan fingerprint density at radius 3 is 2.67 bits per heavy atom. The lowest BCUT2D eigenvalue weighted by molar-refractivity contribution is 0.198. The van der Waals surface area contributed by atoms with Crippen LogP contribution in [0.1, 0.15) is 31.2 Å². The predicted octanol–water partition coefficient (Wildman–Crippen LogP) is 2.49. The molecule has 0 unspecified atom stereocenters. The Hall–Kier alpha value is -2.93. The number of benzene rings is 1. The van der Waals surface area contributed by atoms with E-state index in [9.17, 15) is 0 Å². The minimum Gasteiger partial charge on any atom is -0.357 e. The molecule has 0 atom stereocenters. The number of hydrogen-bond donors (Lipinski definition) is 2. The van der Waals surface area contributed by atoms with E-state index in [1.807, 2.05) is 28.8 Å². The van der Waals surface area contributed by atoms with E-state index in [1.165, 1.54) is 5.56 Å². The van der Waals surface area contributed by atoms with Crippen LogP contribution in [0.3, 0.4) is 0 Å². The van der Waals surface area contributed by atoms with Gasteiger partial charge in [-0.3, -0.25) is 14.3 Å². The first-order valence-corrected chi connectivity index (χ1v) is 10.9. The smallest absolute Gasteiger partial charge is 0.191 e. The second-order valence-electron chi connectivity index (χ2n) is 7.74. The summed E-state index contributed by atoms with van der Waals surface area (Å²) >= 11 is 0. The number of hydrogen-bond acceptors (Lipinski definition) is 4. The van der Waals surface area contributed by atoms with Gasteiger partial charge in [-0.15, -0.1) is 10.2 Å². The zero-order valence-electron chi connectivity index (χ0n) is 17.7. The van der Waals surface area contributed by atoms with Crippen LogP contribution in [0.15, 0.2) is 59.7 Å². The van der Waals surface area contributed by atoms with Crippen molar-refractivity contribution in [2.24, 2.45) is 4.99 Å². The van der Waals surface area contributed by atoms with Crippen molar-refractivity contribution < 1.29 is 0 Å². The van der Waals surface area contributed by atoms with Crippen LogP contribution in [0.4, 0.5) is 0 Å². The van der Waals surface area contributed by atoms with Crippen LogP contribution in [0.2, 0.25) is 0 Å². The molecule has 0 spiro atoms. The van der Waals surface area contributed by atoms with E-state index in [0.29, 0.717) is 12.6 Å². The number of nitrogens with one attached hydrogen (secondary N) is 2. The Bertz CT molecular complexity index is 942. The maximum Gasteiger partial charge on any atom is 0.191 e. The first-order valence-electron chi connectivity index (χ1n) is 10.9. The first kappa shape index (κ1) is 20.3. The Morgan fingerprint density at radius 2 is 1.87 bits per heavy atom. The number of rotatable bonds is 7. The SMILES string of the molecule is CCNC(=NCCc1nnc2ccccn12)NC1CCN(Cc2ccccc2)CC1. The van der Waals surface area contributed by atoms with Crippen molar-refractivity contribution in [3.05, 3.63) is 66.1 Å². The van der Waals surface area contributed by atoms with Crippen molar-refractivity contribution in [1.82, 2.24) is 30.1 Å².